The Morgan fingerprint density at radius 2 is 2.00 bits per heavy atom. The van der Waals surface area contributed by atoms with Crippen LogP contribution >= 0.6 is 0 Å². The van der Waals surface area contributed by atoms with E-state index in [-0.39, 0.29) is 5.92 Å². The van der Waals surface area contributed by atoms with E-state index in [1.54, 1.807) is 0 Å². The van der Waals surface area contributed by atoms with Crippen LogP contribution in [0.2, 0.25) is 0 Å². The molecule has 1 fully saturated rings. The zero-order valence-corrected chi connectivity index (χ0v) is 4.20. The standard InChI is InChI=1S/C5H8F2/c1-3-2-4(3)5(6)7/h3-5H,2H2,1H3/t3-,4-/m0/s1. The monoisotopic (exact) mass is 106 g/mol. The minimum absolute atomic E-state index is 0.264. The highest BCUT2D eigenvalue weighted by atomic mass is 19.3. The molecule has 0 unspecified atom stereocenters. The number of hydrogen-bond acceptors (Lipinski definition) is 0. The van der Waals surface area contributed by atoms with Crippen LogP contribution in [0.25, 0.3) is 0 Å². The smallest absolute Gasteiger partial charge is 0.210 e. The molecule has 0 heterocycles. The predicted molar refractivity (Wildman–Crippen MR) is 23.3 cm³/mol. The van der Waals surface area contributed by atoms with Crippen LogP contribution in [0.5, 0.6) is 0 Å². The largest absolute Gasteiger partial charge is 0.241 e. The molecule has 0 spiro atoms. The van der Waals surface area contributed by atoms with E-state index >= 15 is 0 Å². The fourth-order valence-electron chi connectivity index (χ4n) is 0.702. The van der Waals surface area contributed by atoms with Gasteiger partial charge in [-0.3, -0.25) is 0 Å². The van der Waals surface area contributed by atoms with Crippen LogP contribution in [-0.4, -0.2) is 6.43 Å². The van der Waals surface area contributed by atoms with E-state index in [4.69, 9.17) is 0 Å². The second kappa shape index (κ2) is 1.42. The van der Waals surface area contributed by atoms with Crippen molar-refractivity contribution in [1.29, 1.82) is 0 Å². The average Bonchev–Trinajstić information content (AvgIpc) is 2.17. The molecule has 2 atom stereocenters. The van der Waals surface area contributed by atoms with Gasteiger partial charge in [0.15, 0.2) is 0 Å². The highest BCUT2D eigenvalue weighted by Crippen LogP contribution is 2.42. The highest BCUT2D eigenvalue weighted by Gasteiger charge is 2.40. The second-order valence-electron chi connectivity index (χ2n) is 2.21. The van der Waals surface area contributed by atoms with Crippen LogP contribution in [0.1, 0.15) is 13.3 Å². The minimum atomic E-state index is -2.06. The molecule has 0 aromatic carbocycles. The van der Waals surface area contributed by atoms with Gasteiger partial charge in [0.25, 0.3) is 0 Å². The van der Waals surface area contributed by atoms with E-state index in [0.717, 1.165) is 6.42 Å². The first-order valence-corrected chi connectivity index (χ1v) is 2.50. The van der Waals surface area contributed by atoms with E-state index < -0.39 is 6.43 Å². The minimum Gasteiger partial charge on any atom is -0.210 e. The topological polar surface area (TPSA) is 0 Å². The molecule has 42 valence electrons. The first-order valence-electron chi connectivity index (χ1n) is 2.50. The third-order valence-corrected chi connectivity index (χ3v) is 1.50. The Morgan fingerprint density at radius 3 is 2.00 bits per heavy atom. The van der Waals surface area contributed by atoms with Crippen molar-refractivity contribution >= 4 is 0 Å². The van der Waals surface area contributed by atoms with Gasteiger partial charge in [-0.15, -0.1) is 0 Å². The third kappa shape index (κ3) is 0.898. The van der Waals surface area contributed by atoms with E-state index in [1.807, 2.05) is 6.92 Å². The lowest BCUT2D eigenvalue weighted by molar-refractivity contribution is 0.117. The Balaban J connectivity index is 2.20. The first kappa shape index (κ1) is 5.01. The van der Waals surface area contributed by atoms with Crippen molar-refractivity contribution in [2.75, 3.05) is 0 Å². The molecule has 1 aliphatic carbocycles. The molecule has 0 saturated heterocycles. The molecule has 0 aromatic rings. The molecule has 1 aliphatic rings. The maximum atomic E-state index is 11.5. The van der Waals surface area contributed by atoms with Crippen molar-refractivity contribution in [2.45, 2.75) is 19.8 Å². The Bertz CT molecular complexity index is 70.5. The zero-order valence-electron chi connectivity index (χ0n) is 4.20. The maximum Gasteiger partial charge on any atom is 0.241 e. The summed E-state index contributed by atoms with van der Waals surface area (Å²) in [7, 11) is 0. The summed E-state index contributed by atoms with van der Waals surface area (Å²) in [6.45, 7) is 1.86. The lowest BCUT2D eigenvalue weighted by Gasteiger charge is -1.88. The van der Waals surface area contributed by atoms with Gasteiger partial charge in [0, 0.05) is 5.92 Å². The van der Waals surface area contributed by atoms with Crippen molar-refractivity contribution in [3.8, 4) is 0 Å². The van der Waals surface area contributed by atoms with Gasteiger partial charge < -0.3 is 0 Å². The van der Waals surface area contributed by atoms with Crippen LogP contribution in [0.4, 0.5) is 8.78 Å². The summed E-state index contributed by atoms with van der Waals surface area (Å²) in [6, 6.07) is 0. The molecule has 0 bridgehead atoms. The average molecular weight is 106 g/mol. The van der Waals surface area contributed by atoms with Gasteiger partial charge in [-0.05, 0) is 12.3 Å². The van der Waals surface area contributed by atoms with Gasteiger partial charge >= 0.3 is 0 Å². The summed E-state index contributed by atoms with van der Waals surface area (Å²) >= 11 is 0. The first-order chi connectivity index (χ1) is 3.22. The second-order valence-corrected chi connectivity index (χ2v) is 2.21. The highest BCUT2D eigenvalue weighted by molar-refractivity contribution is 4.83. The quantitative estimate of drug-likeness (QED) is 0.479. The van der Waals surface area contributed by atoms with Crippen molar-refractivity contribution in [3.63, 3.8) is 0 Å². The Labute approximate surface area is 41.5 Å². The fraction of sp³-hybridized carbons (Fsp3) is 1.00. The number of halogens is 2. The SMILES string of the molecule is C[C@H]1C[C@@H]1C(F)F. The van der Waals surface area contributed by atoms with Crippen LogP contribution in [-0.2, 0) is 0 Å². The molecular weight excluding hydrogens is 98.1 g/mol. The molecule has 7 heavy (non-hydrogen) atoms. The zero-order chi connectivity index (χ0) is 5.44. The Morgan fingerprint density at radius 1 is 1.57 bits per heavy atom. The molecular formula is C5H8F2. The van der Waals surface area contributed by atoms with Crippen molar-refractivity contribution in [2.24, 2.45) is 11.8 Å². The molecule has 0 amide bonds. The van der Waals surface area contributed by atoms with Crippen LogP contribution in [0.15, 0.2) is 0 Å². The van der Waals surface area contributed by atoms with Gasteiger partial charge in [0.1, 0.15) is 0 Å². The molecule has 0 radical (unpaired) electrons. The summed E-state index contributed by atoms with van der Waals surface area (Å²) in [6.07, 6.45) is -1.33. The molecule has 0 aliphatic heterocycles. The van der Waals surface area contributed by atoms with Crippen molar-refractivity contribution in [1.82, 2.24) is 0 Å². The number of hydrogen-bond donors (Lipinski definition) is 0. The molecule has 0 N–H and O–H groups in total. The van der Waals surface area contributed by atoms with Crippen LogP contribution in [0.3, 0.4) is 0 Å². The van der Waals surface area contributed by atoms with E-state index in [9.17, 15) is 8.78 Å². The van der Waals surface area contributed by atoms with E-state index in [2.05, 4.69) is 0 Å². The van der Waals surface area contributed by atoms with Gasteiger partial charge in [0.05, 0.1) is 0 Å². The summed E-state index contributed by atoms with van der Waals surface area (Å²) in [5.74, 6) is 0.0278. The number of rotatable bonds is 1. The molecule has 1 saturated carbocycles. The normalized spacial score (nSPS) is 39.4. The van der Waals surface area contributed by atoms with Gasteiger partial charge in [-0.1, -0.05) is 6.92 Å². The van der Waals surface area contributed by atoms with Crippen LogP contribution < -0.4 is 0 Å². The lowest BCUT2D eigenvalue weighted by Crippen LogP contribution is -1.92. The summed E-state index contributed by atoms with van der Waals surface area (Å²) < 4.78 is 22.9. The summed E-state index contributed by atoms with van der Waals surface area (Å²) in [4.78, 5) is 0. The molecule has 2 heteroatoms. The molecule has 0 aromatic heterocycles. The maximum absolute atomic E-state index is 11.5. The van der Waals surface area contributed by atoms with Crippen LogP contribution in [0, 0.1) is 11.8 Å². The van der Waals surface area contributed by atoms with Crippen molar-refractivity contribution < 1.29 is 8.78 Å². The predicted octanol–water partition coefficient (Wildman–Crippen LogP) is 1.91. The molecule has 1 rings (SSSR count). The lowest BCUT2D eigenvalue weighted by atomic mass is 10.4. The Kier molecular flexibility index (Phi) is 1.02. The fourth-order valence-corrected chi connectivity index (χ4v) is 0.702. The van der Waals surface area contributed by atoms with Gasteiger partial charge in [0.2, 0.25) is 6.43 Å². The van der Waals surface area contributed by atoms with E-state index in [0.29, 0.717) is 5.92 Å². The third-order valence-electron chi connectivity index (χ3n) is 1.50. The Hall–Kier alpha value is -0.140. The van der Waals surface area contributed by atoms with Crippen molar-refractivity contribution in [3.05, 3.63) is 0 Å². The van der Waals surface area contributed by atoms with Gasteiger partial charge in [-0.25, -0.2) is 8.78 Å². The summed E-state index contributed by atoms with van der Waals surface area (Å²) in [5.41, 5.74) is 0. The summed E-state index contributed by atoms with van der Waals surface area (Å²) in [5, 5.41) is 0. The molecule has 0 nitrogen and oxygen atoms in total. The number of alkyl halides is 2. The van der Waals surface area contributed by atoms with Gasteiger partial charge in [-0.2, -0.15) is 0 Å². The van der Waals surface area contributed by atoms with E-state index in [1.165, 1.54) is 0 Å².